The summed E-state index contributed by atoms with van der Waals surface area (Å²) in [7, 11) is 0. The summed E-state index contributed by atoms with van der Waals surface area (Å²) in [5.41, 5.74) is 0. The molecular formula is C26H48O2. The lowest BCUT2D eigenvalue weighted by molar-refractivity contribution is 0.0925. The van der Waals surface area contributed by atoms with Crippen molar-refractivity contribution in [3.63, 3.8) is 0 Å². The lowest BCUT2D eigenvalue weighted by Gasteiger charge is -2.20. The number of rotatable bonds is 19. The van der Waals surface area contributed by atoms with Crippen LogP contribution in [0.3, 0.4) is 0 Å². The second-order valence-corrected chi connectivity index (χ2v) is 8.59. The Hall–Kier alpha value is -0.600. The van der Waals surface area contributed by atoms with Gasteiger partial charge in [-0.1, -0.05) is 57.3 Å². The van der Waals surface area contributed by atoms with Gasteiger partial charge in [0, 0.05) is 19.8 Å². The largest absolute Gasteiger partial charge is 0.381 e. The van der Waals surface area contributed by atoms with Crippen LogP contribution in [0.1, 0.15) is 97.3 Å². The molecule has 1 unspecified atom stereocenters. The van der Waals surface area contributed by atoms with Crippen LogP contribution in [-0.2, 0) is 9.47 Å². The first-order valence-corrected chi connectivity index (χ1v) is 12.2. The van der Waals surface area contributed by atoms with Gasteiger partial charge in [-0.05, 0) is 76.0 Å². The fourth-order valence-electron chi connectivity index (χ4n) is 4.54. The Kier molecular flexibility index (Phi) is 16.7. The van der Waals surface area contributed by atoms with Crippen LogP contribution in [0.25, 0.3) is 0 Å². The number of ether oxygens (including phenoxy) is 2. The Morgan fingerprint density at radius 2 is 1.86 bits per heavy atom. The Bertz CT molecular complexity index is 377. The van der Waals surface area contributed by atoms with E-state index in [-0.39, 0.29) is 0 Å². The highest BCUT2D eigenvalue weighted by Crippen LogP contribution is 2.36. The Morgan fingerprint density at radius 3 is 2.64 bits per heavy atom. The normalized spacial score (nSPS) is 20.8. The van der Waals surface area contributed by atoms with Gasteiger partial charge >= 0.3 is 0 Å². The zero-order valence-corrected chi connectivity index (χ0v) is 19.0. The van der Waals surface area contributed by atoms with Crippen LogP contribution in [0, 0.1) is 17.8 Å². The molecule has 3 atom stereocenters. The summed E-state index contributed by atoms with van der Waals surface area (Å²) in [6.45, 7) is 11.4. The van der Waals surface area contributed by atoms with Crippen LogP contribution in [0.15, 0.2) is 24.8 Å². The van der Waals surface area contributed by atoms with Crippen molar-refractivity contribution in [1.82, 2.24) is 0 Å². The Balaban J connectivity index is 2.23. The minimum atomic E-state index is 0.672. The lowest BCUT2D eigenvalue weighted by atomic mass is 9.88. The molecule has 164 valence electrons. The number of allylic oxidation sites excluding steroid dienone is 2. The fourth-order valence-corrected chi connectivity index (χ4v) is 4.54. The highest BCUT2D eigenvalue weighted by atomic mass is 16.5. The molecule has 0 spiro atoms. The van der Waals surface area contributed by atoms with Crippen LogP contribution < -0.4 is 0 Å². The minimum absolute atomic E-state index is 0.672. The summed E-state index contributed by atoms with van der Waals surface area (Å²) in [5, 5.41) is 0. The van der Waals surface area contributed by atoms with Gasteiger partial charge in [0.05, 0.1) is 6.61 Å². The average Bonchev–Trinajstić information content (AvgIpc) is 3.15. The molecule has 0 amide bonds. The molecule has 1 fully saturated rings. The van der Waals surface area contributed by atoms with Crippen molar-refractivity contribution >= 4 is 0 Å². The molecule has 1 aliphatic rings. The van der Waals surface area contributed by atoms with Crippen LogP contribution >= 0.6 is 0 Å². The molecule has 1 saturated carbocycles. The third-order valence-electron chi connectivity index (χ3n) is 6.21. The van der Waals surface area contributed by atoms with Crippen molar-refractivity contribution in [1.29, 1.82) is 0 Å². The first-order valence-electron chi connectivity index (χ1n) is 12.2. The summed E-state index contributed by atoms with van der Waals surface area (Å²) in [5.74, 6) is 2.47. The highest BCUT2D eigenvalue weighted by molar-refractivity contribution is 4.94. The third-order valence-corrected chi connectivity index (χ3v) is 6.21. The monoisotopic (exact) mass is 392 g/mol. The Morgan fingerprint density at radius 1 is 1.00 bits per heavy atom. The van der Waals surface area contributed by atoms with Gasteiger partial charge in [-0.2, -0.15) is 0 Å². The van der Waals surface area contributed by atoms with Crippen LogP contribution in [0.4, 0.5) is 0 Å². The summed E-state index contributed by atoms with van der Waals surface area (Å²) in [6.07, 6.45) is 24.4. The van der Waals surface area contributed by atoms with E-state index in [1.807, 2.05) is 6.08 Å². The molecule has 28 heavy (non-hydrogen) atoms. The SMILES string of the molecule is C=CCOCCCC(CCC[C@H]1CCC[C@@H]1C=CCCCCCC)COCC. The number of hydrogen-bond donors (Lipinski definition) is 0. The highest BCUT2D eigenvalue weighted by Gasteiger charge is 2.24. The van der Waals surface area contributed by atoms with Crippen molar-refractivity contribution in [2.45, 2.75) is 97.3 Å². The standard InChI is InChI=1S/C26H48O2/c1-4-7-8-9-10-11-17-25-19-13-20-26(25)18-12-15-24(23-27-6-3)16-14-22-28-21-5-2/h5,11,17,24-26H,2,4,6-10,12-16,18-23H2,1,3H3/t24?,25-,26-/m0/s1. The van der Waals surface area contributed by atoms with Gasteiger partial charge in [0.15, 0.2) is 0 Å². The molecule has 0 aliphatic heterocycles. The maximum absolute atomic E-state index is 5.74. The molecule has 0 aromatic carbocycles. The first-order chi connectivity index (χ1) is 13.8. The molecule has 0 radical (unpaired) electrons. The quantitative estimate of drug-likeness (QED) is 0.165. The molecule has 0 bridgehead atoms. The van der Waals surface area contributed by atoms with Crippen LogP contribution in [0.2, 0.25) is 0 Å². The molecule has 2 nitrogen and oxygen atoms in total. The second-order valence-electron chi connectivity index (χ2n) is 8.59. The molecule has 0 aromatic heterocycles. The average molecular weight is 393 g/mol. The van der Waals surface area contributed by atoms with E-state index < -0.39 is 0 Å². The zero-order valence-electron chi connectivity index (χ0n) is 19.0. The molecule has 2 heteroatoms. The molecule has 0 aromatic rings. The maximum atomic E-state index is 5.74. The van der Waals surface area contributed by atoms with Gasteiger partial charge < -0.3 is 9.47 Å². The Labute approximate surface area is 176 Å². The summed E-state index contributed by atoms with van der Waals surface area (Å²) in [6, 6.07) is 0. The van der Waals surface area contributed by atoms with Crippen molar-refractivity contribution < 1.29 is 9.47 Å². The lowest BCUT2D eigenvalue weighted by Crippen LogP contribution is -2.13. The molecule has 1 aliphatic carbocycles. The zero-order chi connectivity index (χ0) is 20.3. The van der Waals surface area contributed by atoms with E-state index >= 15 is 0 Å². The van der Waals surface area contributed by atoms with E-state index in [4.69, 9.17) is 9.47 Å². The smallest absolute Gasteiger partial charge is 0.0644 e. The topological polar surface area (TPSA) is 18.5 Å². The van der Waals surface area contributed by atoms with E-state index in [1.165, 1.54) is 77.0 Å². The fraction of sp³-hybridized carbons (Fsp3) is 0.846. The number of unbranched alkanes of at least 4 members (excludes halogenated alkanes) is 4. The third kappa shape index (κ3) is 12.8. The molecule has 0 heterocycles. The van der Waals surface area contributed by atoms with Crippen LogP contribution in [0.5, 0.6) is 0 Å². The summed E-state index contributed by atoms with van der Waals surface area (Å²) >= 11 is 0. The minimum Gasteiger partial charge on any atom is -0.381 e. The van der Waals surface area contributed by atoms with E-state index in [2.05, 4.69) is 32.6 Å². The van der Waals surface area contributed by atoms with Gasteiger partial charge in [0.1, 0.15) is 0 Å². The molecule has 1 rings (SSSR count). The van der Waals surface area contributed by atoms with Gasteiger partial charge in [0.2, 0.25) is 0 Å². The van der Waals surface area contributed by atoms with Gasteiger partial charge in [-0.15, -0.1) is 6.58 Å². The predicted octanol–water partition coefficient (Wildman–Crippen LogP) is 7.74. The number of hydrogen-bond acceptors (Lipinski definition) is 2. The van der Waals surface area contributed by atoms with Crippen molar-refractivity contribution in [2.75, 3.05) is 26.4 Å². The first kappa shape index (κ1) is 25.4. The molecular weight excluding hydrogens is 344 g/mol. The van der Waals surface area contributed by atoms with Crippen molar-refractivity contribution in [3.05, 3.63) is 24.8 Å². The van der Waals surface area contributed by atoms with Gasteiger partial charge in [0.25, 0.3) is 0 Å². The van der Waals surface area contributed by atoms with Gasteiger partial charge in [-0.3, -0.25) is 0 Å². The van der Waals surface area contributed by atoms with Crippen LogP contribution in [-0.4, -0.2) is 26.4 Å². The predicted molar refractivity (Wildman–Crippen MR) is 123 cm³/mol. The molecule has 0 saturated heterocycles. The van der Waals surface area contributed by atoms with Crippen molar-refractivity contribution in [3.8, 4) is 0 Å². The van der Waals surface area contributed by atoms with E-state index in [9.17, 15) is 0 Å². The second kappa shape index (κ2) is 18.4. The van der Waals surface area contributed by atoms with E-state index in [0.29, 0.717) is 12.5 Å². The molecule has 0 N–H and O–H groups in total. The maximum Gasteiger partial charge on any atom is 0.0644 e. The van der Waals surface area contributed by atoms with E-state index in [1.54, 1.807) is 0 Å². The summed E-state index contributed by atoms with van der Waals surface area (Å²) < 4.78 is 11.3. The van der Waals surface area contributed by atoms with Crippen molar-refractivity contribution in [2.24, 2.45) is 17.8 Å². The van der Waals surface area contributed by atoms with E-state index in [0.717, 1.165) is 38.1 Å². The summed E-state index contributed by atoms with van der Waals surface area (Å²) in [4.78, 5) is 0. The van der Waals surface area contributed by atoms with Gasteiger partial charge in [-0.25, -0.2) is 0 Å².